The van der Waals surface area contributed by atoms with Crippen LogP contribution in [0.15, 0.2) is 84.2 Å². The zero-order valence-electron chi connectivity index (χ0n) is 21.5. The second-order valence-electron chi connectivity index (χ2n) is 9.29. The molecule has 0 bridgehead atoms. The number of nitrogens with one attached hydrogen (secondary N) is 1. The van der Waals surface area contributed by atoms with Crippen molar-refractivity contribution in [1.29, 1.82) is 0 Å². The van der Waals surface area contributed by atoms with Gasteiger partial charge in [-0.3, -0.25) is 4.79 Å². The molecule has 1 amide bonds. The van der Waals surface area contributed by atoms with Gasteiger partial charge in [-0.05, 0) is 42.7 Å². The molecule has 0 saturated heterocycles. The van der Waals surface area contributed by atoms with Crippen molar-refractivity contribution in [3.05, 3.63) is 106 Å². The maximum atomic E-state index is 12.8. The van der Waals surface area contributed by atoms with Crippen LogP contribution in [0.1, 0.15) is 47.8 Å². The molecule has 1 aromatic heterocycles. The molecule has 0 fully saturated rings. The minimum atomic E-state index is -0.466. The molecule has 0 aliphatic carbocycles. The summed E-state index contributed by atoms with van der Waals surface area (Å²) in [6.45, 7) is 8.19. The largest absolute Gasteiger partial charge is 0.484 e. The Labute approximate surface area is 222 Å². The van der Waals surface area contributed by atoms with Gasteiger partial charge in [0.15, 0.2) is 6.61 Å². The third-order valence-corrected chi connectivity index (χ3v) is 7.22. The summed E-state index contributed by atoms with van der Waals surface area (Å²) in [5, 5.41) is 5.14. The second kappa shape index (κ2) is 11.4. The van der Waals surface area contributed by atoms with Crippen molar-refractivity contribution >= 4 is 28.2 Å². The van der Waals surface area contributed by atoms with E-state index in [-0.39, 0.29) is 24.5 Å². The number of aryl methyl sites for hydroxylation is 1. The van der Waals surface area contributed by atoms with Crippen molar-refractivity contribution in [2.45, 2.75) is 33.1 Å². The summed E-state index contributed by atoms with van der Waals surface area (Å²) in [5.41, 5.74) is 5.32. The molecule has 3 aromatic carbocycles. The number of amides is 1. The summed E-state index contributed by atoms with van der Waals surface area (Å²) in [5.74, 6) is -0.219. The van der Waals surface area contributed by atoms with E-state index in [9.17, 15) is 9.59 Å². The molecule has 0 saturated carbocycles. The molecular weight excluding hydrogens is 482 g/mol. The molecule has 1 heterocycles. The van der Waals surface area contributed by atoms with Gasteiger partial charge in [0.05, 0.1) is 6.61 Å². The highest BCUT2D eigenvalue weighted by atomic mass is 32.1. The van der Waals surface area contributed by atoms with Crippen LogP contribution in [0.2, 0.25) is 0 Å². The van der Waals surface area contributed by atoms with Crippen molar-refractivity contribution < 1.29 is 19.1 Å². The smallest absolute Gasteiger partial charge is 0.341 e. The molecule has 0 radical (unpaired) electrons. The first-order chi connectivity index (χ1) is 17.8. The number of anilines is 1. The van der Waals surface area contributed by atoms with Crippen LogP contribution in [0, 0.1) is 6.92 Å². The number of ether oxygens (including phenoxy) is 2. The Bertz CT molecular complexity index is 1360. The monoisotopic (exact) mass is 513 g/mol. The number of rotatable bonds is 9. The molecule has 4 aromatic rings. The SMILES string of the molecule is CCOC(=O)c1c(-c2ccc(C)cc2)csc1NC(=O)COc1ccc(C(C)(C)c2ccccc2)cc1. The normalized spacial score (nSPS) is 11.1. The van der Waals surface area contributed by atoms with Crippen molar-refractivity contribution in [3.63, 3.8) is 0 Å². The quantitative estimate of drug-likeness (QED) is 0.240. The lowest BCUT2D eigenvalue weighted by molar-refractivity contribution is -0.118. The first kappa shape index (κ1) is 26.2. The lowest BCUT2D eigenvalue weighted by Gasteiger charge is -2.26. The number of hydrogen-bond acceptors (Lipinski definition) is 5. The van der Waals surface area contributed by atoms with E-state index in [1.165, 1.54) is 16.9 Å². The number of carbonyl (C=O) groups is 2. The molecule has 5 nitrogen and oxygen atoms in total. The van der Waals surface area contributed by atoms with E-state index < -0.39 is 5.97 Å². The average molecular weight is 514 g/mol. The Kier molecular flexibility index (Phi) is 8.09. The third-order valence-electron chi connectivity index (χ3n) is 6.33. The van der Waals surface area contributed by atoms with Gasteiger partial charge in [-0.2, -0.15) is 0 Å². The maximum Gasteiger partial charge on any atom is 0.341 e. The van der Waals surface area contributed by atoms with Crippen molar-refractivity contribution in [3.8, 4) is 16.9 Å². The molecule has 0 aliphatic heterocycles. The van der Waals surface area contributed by atoms with Crippen LogP contribution in [0.4, 0.5) is 5.00 Å². The highest BCUT2D eigenvalue weighted by Crippen LogP contribution is 2.36. The molecule has 0 unspecified atom stereocenters. The highest BCUT2D eigenvalue weighted by Gasteiger charge is 2.24. The van der Waals surface area contributed by atoms with Crippen LogP contribution in [0.3, 0.4) is 0 Å². The van der Waals surface area contributed by atoms with Gasteiger partial charge in [-0.15, -0.1) is 11.3 Å². The van der Waals surface area contributed by atoms with Crippen molar-refractivity contribution in [2.75, 3.05) is 18.5 Å². The number of benzene rings is 3. The van der Waals surface area contributed by atoms with Crippen LogP contribution >= 0.6 is 11.3 Å². The lowest BCUT2D eigenvalue weighted by Crippen LogP contribution is -2.21. The summed E-state index contributed by atoms with van der Waals surface area (Å²) in [7, 11) is 0. The summed E-state index contributed by atoms with van der Waals surface area (Å²) < 4.78 is 11.0. The van der Waals surface area contributed by atoms with Crippen molar-refractivity contribution in [2.24, 2.45) is 0 Å². The minimum Gasteiger partial charge on any atom is -0.484 e. The Hall–Kier alpha value is -3.90. The van der Waals surface area contributed by atoms with Crippen LogP contribution in [-0.4, -0.2) is 25.1 Å². The van der Waals surface area contributed by atoms with E-state index >= 15 is 0 Å². The number of carbonyl (C=O) groups excluding carboxylic acids is 2. The zero-order chi connectivity index (χ0) is 26.4. The molecule has 0 aliphatic rings. The van der Waals surface area contributed by atoms with Gasteiger partial charge in [-0.1, -0.05) is 86.1 Å². The Morgan fingerprint density at radius 2 is 1.54 bits per heavy atom. The molecule has 0 spiro atoms. The first-order valence-electron chi connectivity index (χ1n) is 12.2. The van der Waals surface area contributed by atoms with Crippen LogP contribution in [0.5, 0.6) is 5.75 Å². The number of esters is 1. The predicted molar refractivity (Wildman–Crippen MR) is 150 cm³/mol. The molecular formula is C31H31NO4S. The van der Waals surface area contributed by atoms with Gasteiger partial charge in [0.2, 0.25) is 0 Å². The standard InChI is InChI=1S/C31H31NO4S/c1-5-35-30(34)28-26(22-13-11-21(2)12-14-22)20-37-29(28)32-27(33)19-36-25-17-15-24(16-18-25)31(3,4)23-9-7-6-8-10-23/h6-18,20H,5,19H2,1-4H3,(H,32,33). The Morgan fingerprint density at radius 3 is 2.19 bits per heavy atom. The minimum absolute atomic E-state index is 0.158. The first-order valence-corrected chi connectivity index (χ1v) is 13.1. The van der Waals surface area contributed by atoms with Gasteiger partial charge in [-0.25, -0.2) is 4.79 Å². The Balaban J connectivity index is 1.44. The molecule has 4 rings (SSSR count). The topological polar surface area (TPSA) is 64.6 Å². The summed E-state index contributed by atoms with van der Waals surface area (Å²) in [6, 6.07) is 26.0. The molecule has 190 valence electrons. The number of hydrogen-bond donors (Lipinski definition) is 1. The maximum absolute atomic E-state index is 12.8. The van der Waals surface area contributed by atoms with Crippen LogP contribution in [-0.2, 0) is 14.9 Å². The third kappa shape index (κ3) is 6.09. The molecule has 37 heavy (non-hydrogen) atoms. The van der Waals surface area contributed by atoms with E-state index in [0.29, 0.717) is 16.3 Å². The van der Waals surface area contributed by atoms with E-state index in [0.717, 1.165) is 22.3 Å². The van der Waals surface area contributed by atoms with Crippen LogP contribution < -0.4 is 10.1 Å². The fraction of sp³-hybridized carbons (Fsp3) is 0.226. The lowest BCUT2D eigenvalue weighted by atomic mass is 9.78. The molecule has 0 atom stereocenters. The van der Waals surface area contributed by atoms with Crippen molar-refractivity contribution in [1.82, 2.24) is 0 Å². The fourth-order valence-electron chi connectivity index (χ4n) is 4.10. The predicted octanol–water partition coefficient (Wildman–Crippen LogP) is 7.24. The molecule has 1 N–H and O–H groups in total. The number of thiophene rings is 1. The summed E-state index contributed by atoms with van der Waals surface area (Å²) >= 11 is 1.29. The van der Waals surface area contributed by atoms with Gasteiger partial charge in [0.1, 0.15) is 16.3 Å². The van der Waals surface area contributed by atoms with E-state index in [4.69, 9.17) is 9.47 Å². The van der Waals surface area contributed by atoms with Crippen LogP contribution in [0.25, 0.3) is 11.1 Å². The van der Waals surface area contributed by atoms with Gasteiger partial charge >= 0.3 is 5.97 Å². The second-order valence-corrected chi connectivity index (χ2v) is 10.2. The van der Waals surface area contributed by atoms with Gasteiger partial charge in [0.25, 0.3) is 5.91 Å². The van der Waals surface area contributed by atoms with E-state index in [1.54, 1.807) is 6.92 Å². The zero-order valence-corrected chi connectivity index (χ0v) is 22.4. The molecule has 6 heteroatoms. The van der Waals surface area contributed by atoms with Gasteiger partial charge in [0, 0.05) is 16.4 Å². The average Bonchev–Trinajstić information content (AvgIpc) is 3.32. The highest BCUT2D eigenvalue weighted by molar-refractivity contribution is 7.15. The van der Waals surface area contributed by atoms with Gasteiger partial charge < -0.3 is 14.8 Å². The van der Waals surface area contributed by atoms with E-state index in [2.05, 4.69) is 31.3 Å². The van der Waals surface area contributed by atoms with E-state index in [1.807, 2.05) is 79.0 Å². The summed E-state index contributed by atoms with van der Waals surface area (Å²) in [4.78, 5) is 25.5. The Morgan fingerprint density at radius 1 is 0.892 bits per heavy atom. The summed E-state index contributed by atoms with van der Waals surface area (Å²) in [6.07, 6.45) is 0. The fourth-order valence-corrected chi connectivity index (χ4v) is 5.08.